The highest BCUT2D eigenvalue weighted by atomic mass is 19.1. The van der Waals surface area contributed by atoms with Crippen molar-refractivity contribution < 1.29 is 9.18 Å². The van der Waals surface area contributed by atoms with Gasteiger partial charge < -0.3 is 10.6 Å². The van der Waals surface area contributed by atoms with Gasteiger partial charge in [0, 0.05) is 12.2 Å². The van der Waals surface area contributed by atoms with Gasteiger partial charge in [0.05, 0.1) is 12.4 Å². The molecule has 0 fully saturated rings. The molecule has 0 atom stereocenters. The Labute approximate surface area is 115 Å². The molecule has 0 aliphatic carbocycles. The van der Waals surface area contributed by atoms with Crippen molar-refractivity contribution in [2.75, 3.05) is 11.9 Å². The van der Waals surface area contributed by atoms with Crippen LogP contribution in [0, 0.1) is 5.82 Å². The molecule has 102 valence electrons. The van der Waals surface area contributed by atoms with Crippen molar-refractivity contribution in [3.8, 4) is 0 Å². The van der Waals surface area contributed by atoms with Gasteiger partial charge in [-0.3, -0.25) is 4.79 Å². The molecule has 0 saturated carbocycles. The molecule has 0 bridgehead atoms. The number of aromatic nitrogens is 2. The van der Waals surface area contributed by atoms with Gasteiger partial charge in [0.1, 0.15) is 17.3 Å². The lowest BCUT2D eigenvalue weighted by Gasteiger charge is -2.06. The summed E-state index contributed by atoms with van der Waals surface area (Å²) in [5, 5.41) is 5.55. The number of nitrogens with one attached hydrogen (secondary N) is 2. The number of nitrogens with zero attached hydrogens (tertiary/aromatic N) is 2. The van der Waals surface area contributed by atoms with E-state index in [4.69, 9.17) is 0 Å². The van der Waals surface area contributed by atoms with Crippen LogP contribution in [0.15, 0.2) is 49.3 Å². The van der Waals surface area contributed by atoms with E-state index < -0.39 is 0 Å². The van der Waals surface area contributed by atoms with E-state index in [1.165, 1.54) is 24.5 Å². The Bertz CT molecular complexity index is 596. The molecule has 5 nitrogen and oxygen atoms in total. The van der Waals surface area contributed by atoms with E-state index in [0.717, 1.165) is 0 Å². The van der Waals surface area contributed by atoms with Crippen molar-refractivity contribution >= 4 is 17.4 Å². The van der Waals surface area contributed by atoms with Crippen LogP contribution < -0.4 is 10.6 Å². The summed E-state index contributed by atoms with van der Waals surface area (Å²) in [5.74, 6) is -0.154. The fourth-order valence-corrected chi connectivity index (χ4v) is 1.45. The predicted octanol–water partition coefficient (Wildman–Crippen LogP) is 2.28. The summed E-state index contributed by atoms with van der Waals surface area (Å²) in [4.78, 5) is 19.7. The molecule has 0 saturated heterocycles. The van der Waals surface area contributed by atoms with Gasteiger partial charge in [-0.2, -0.15) is 0 Å². The molecule has 0 unspecified atom stereocenters. The summed E-state index contributed by atoms with van der Waals surface area (Å²) in [5.41, 5.74) is 0.904. The second-order valence-electron chi connectivity index (χ2n) is 3.92. The van der Waals surface area contributed by atoms with E-state index in [2.05, 4.69) is 27.2 Å². The summed E-state index contributed by atoms with van der Waals surface area (Å²) in [6, 6.07) is 5.85. The highest BCUT2D eigenvalue weighted by molar-refractivity contribution is 5.92. The number of carbonyl (C=O) groups is 1. The average Bonchev–Trinajstić information content (AvgIpc) is 2.48. The van der Waals surface area contributed by atoms with E-state index in [-0.39, 0.29) is 17.4 Å². The Morgan fingerprint density at radius 3 is 2.60 bits per heavy atom. The van der Waals surface area contributed by atoms with Crippen LogP contribution >= 0.6 is 0 Å². The molecule has 2 rings (SSSR count). The maximum atomic E-state index is 12.8. The van der Waals surface area contributed by atoms with Crippen LogP contribution in [-0.2, 0) is 0 Å². The first-order valence-electron chi connectivity index (χ1n) is 5.93. The molecule has 1 aromatic heterocycles. The van der Waals surface area contributed by atoms with E-state index in [0.29, 0.717) is 18.1 Å². The standard InChI is InChI=1S/C14H13FN4O/c1-2-7-16-14(20)12-8-18-13(9-17-12)19-11-5-3-10(15)4-6-11/h2-6,8-9H,1,7H2,(H,16,20)(H,18,19). The van der Waals surface area contributed by atoms with Gasteiger partial charge in [-0.1, -0.05) is 6.08 Å². The Balaban J connectivity index is 2.02. The fourth-order valence-electron chi connectivity index (χ4n) is 1.45. The molecule has 0 aliphatic rings. The third kappa shape index (κ3) is 3.61. The molecule has 0 spiro atoms. The van der Waals surface area contributed by atoms with Crippen molar-refractivity contribution in [1.29, 1.82) is 0 Å². The Kier molecular flexibility index (Phi) is 4.39. The lowest BCUT2D eigenvalue weighted by atomic mass is 10.3. The first-order valence-corrected chi connectivity index (χ1v) is 5.93. The van der Waals surface area contributed by atoms with Crippen molar-refractivity contribution in [2.45, 2.75) is 0 Å². The average molecular weight is 272 g/mol. The molecule has 1 aromatic carbocycles. The number of anilines is 2. The van der Waals surface area contributed by atoms with E-state index in [1.54, 1.807) is 18.2 Å². The van der Waals surface area contributed by atoms with E-state index >= 15 is 0 Å². The summed E-state index contributed by atoms with van der Waals surface area (Å²) in [6.45, 7) is 3.88. The zero-order valence-corrected chi connectivity index (χ0v) is 10.6. The van der Waals surface area contributed by atoms with Gasteiger partial charge in [-0.05, 0) is 24.3 Å². The number of halogens is 1. The maximum absolute atomic E-state index is 12.8. The number of carbonyl (C=O) groups excluding carboxylic acids is 1. The van der Waals surface area contributed by atoms with Crippen molar-refractivity contribution in [3.05, 3.63) is 60.8 Å². The molecule has 0 aliphatic heterocycles. The van der Waals surface area contributed by atoms with Crippen LogP contribution in [0.4, 0.5) is 15.9 Å². The minimum atomic E-state index is -0.314. The molecule has 1 heterocycles. The first-order chi connectivity index (χ1) is 9.69. The Morgan fingerprint density at radius 2 is 2.00 bits per heavy atom. The molecule has 0 radical (unpaired) electrons. The van der Waals surface area contributed by atoms with Gasteiger partial charge in [-0.25, -0.2) is 14.4 Å². The van der Waals surface area contributed by atoms with Crippen molar-refractivity contribution in [1.82, 2.24) is 15.3 Å². The van der Waals surface area contributed by atoms with Crippen LogP contribution in [0.1, 0.15) is 10.5 Å². The minimum absolute atomic E-state index is 0.219. The molecular formula is C14H13FN4O. The Morgan fingerprint density at radius 1 is 1.25 bits per heavy atom. The van der Waals surface area contributed by atoms with E-state index in [9.17, 15) is 9.18 Å². The monoisotopic (exact) mass is 272 g/mol. The SMILES string of the molecule is C=CCNC(=O)c1cnc(Nc2ccc(F)cc2)cn1. The fraction of sp³-hybridized carbons (Fsp3) is 0.0714. The second kappa shape index (κ2) is 6.42. The van der Waals surface area contributed by atoms with Crippen LogP contribution in [-0.4, -0.2) is 22.4 Å². The number of hydrogen-bond donors (Lipinski definition) is 2. The Hall–Kier alpha value is -2.76. The second-order valence-corrected chi connectivity index (χ2v) is 3.92. The number of benzene rings is 1. The smallest absolute Gasteiger partial charge is 0.271 e. The third-order valence-corrected chi connectivity index (χ3v) is 2.41. The quantitative estimate of drug-likeness (QED) is 0.819. The van der Waals surface area contributed by atoms with E-state index in [1.807, 2.05) is 0 Å². The van der Waals surface area contributed by atoms with Crippen LogP contribution in [0.2, 0.25) is 0 Å². The van der Waals surface area contributed by atoms with Crippen molar-refractivity contribution in [3.63, 3.8) is 0 Å². The summed E-state index contributed by atoms with van der Waals surface area (Å²) >= 11 is 0. The van der Waals surface area contributed by atoms with Crippen molar-refractivity contribution in [2.24, 2.45) is 0 Å². The highest BCUT2D eigenvalue weighted by Gasteiger charge is 2.06. The molecule has 6 heteroatoms. The predicted molar refractivity (Wildman–Crippen MR) is 74.2 cm³/mol. The third-order valence-electron chi connectivity index (χ3n) is 2.41. The normalized spacial score (nSPS) is 9.85. The molecule has 20 heavy (non-hydrogen) atoms. The molecule has 1 amide bonds. The molecule has 2 N–H and O–H groups in total. The van der Waals surface area contributed by atoms with Gasteiger partial charge in [-0.15, -0.1) is 6.58 Å². The minimum Gasteiger partial charge on any atom is -0.347 e. The summed E-state index contributed by atoms with van der Waals surface area (Å²) < 4.78 is 12.8. The zero-order valence-electron chi connectivity index (χ0n) is 10.6. The first kappa shape index (κ1) is 13.7. The topological polar surface area (TPSA) is 66.9 Å². The number of rotatable bonds is 5. The van der Waals surface area contributed by atoms with Gasteiger partial charge in [0.15, 0.2) is 0 Å². The lowest BCUT2D eigenvalue weighted by molar-refractivity contribution is 0.0952. The van der Waals surface area contributed by atoms with Crippen LogP contribution in [0.25, 0.3) is 0 Å². The maximum Gasteiger partial charge on any atom is 0.271 e. The van der Waals surface area contributed by atoms with Crippen LogP contribution in [0.5, 0.6) is 0 Å². The highest BCUT2D eigenvalue weighted by Crippen LogP contribution is 2.13. The van der Waals surface area contributed by atoms with Gasteiger partial charge in [0.25, 0.3) is 5.91 Å². The largest absolute Gasteiger partial charge is 0.347 e. The molecule has 2 aromatic rings. The summed E-state index contributed by atoms with van der Waals surface area (Å²) in [6.07, 6.45) is 4.38. The number of amides is 1. The van der Waals surface area contributed by atoms with Gasteiger partial charge >= 0.3 is 0 Å². The number of hydrogen-bond acceptors (Lipinski definition) is 4. The zero-order chi connectivity index (χ0) is 14.4. The summed E-state index contributed by atoms with van der Waals surface area (Å²) in [7, 11) is 0. The lowest BCUT2D eigenvalue weighted by Crippen LogP contribution is -2.24. The van der Waals surface area contributed by atoms with Crippen LogP contribution in [0.3, 0.4) is 0 Å². The molecular weight excluding hydrogens is 259 g/mol. The van der Waals surface area contributed by atoms with Gasteiger partial charge in [0.2, 0.25) is 0 Å².